The van der Waals surface area contributed by atoms with E-state index in [-0.39, 0.29) is 12.1 Å². The summed E-state index contributed by atoms with van der Waals surface area (Å²) in [6, 6.07) is 3.60. The molecule has 0 aliphatic rings. The molecule has 7 nitrogen and oxygen atoms in total. The smallest absolute Gasteiger partial charge is 0.320 e. The van der Waals surface area contributed by atoms with Gasteiger partial charge in [0, 0.05) is 0 Å². The molecule has 2 amide bonds. The number of imide groups is 1. The Labute approximate surface area is 109 Å². The minimum atomic E-state index is -1.13. The molecule has 1 aromatic carbocycles. The summed E-state index contributed by atoms with van der Waals surface area (Å²) in [4.78, 5) is 33.0. The third kappa shape index (κ3) is 3.52. The summed E-state index contributed by atoms with van der Waals surface area (Å²) in [6.45, 7) is 0. The molecule has 102 valence electrons. The quantitative estimate of drug-likeness (QED) is 0.659. The molecule has 0 unspecified atom stereocenters. The zero-order valence-electron chi connectivity index (χ0n) is 10.3. The van der Waals surface area contributed by atoms with Crippen LogP contribution in [0.3, 0.4) is 0 Å². The first kappa shape index (κ1) is 14.7. The number of nitrogens with zero attached hydrogens (tertiary/aromatic N) is 1. The van der Waals surface area contributed by atoms with Gasteiger partial charge in [0.2, 0.25) is 12.8 Å². The standard InChI is InChI=1S/C12H14N2O5/c1-19-11-3-2-8(4-9(13)12(17)18)5-10(11)14(6-15)7-16/h2-3,5-7,9H,4,13H2,1H3,(H,17,18)/t9-/m0/s1. The summed E-state index contributed by atoms with van der Waals surface area (Å²) in [6.07, 6.45) is 0.759. The van der Waals surface area contributed by atoms with Gasteiger partial charge in [-0.3, -0.25) is 19.3 Å². The van der Waals surface area contributed by atoms with Crippen LogP contribution in [0.5, 0.6) is 5.75 Å². The number of hydrogen-bond donors (Lipinski definition) is 2. The monoisotopic (exact) mass is 266 g/mol. The summed E-state index contributed by atoms with van der Waals surface area (Å²) < 4.78 is 5.03. The highest BCUT2D eigenvalue weighted by atomic mass is 16.5. The predicted octanol–water partition coefficient (Wildman–Crippen LogP) is -0.231. The van der Waals surface area contributed by atoms with Crippen LogP contribution < -0.4 is 15.4 Å². The van der Waals surface area contributed by atoms with E-state index in [4.69, 9.17) is 15.6 Å². The zero-order valence-corrected chi connectivity index (χ0v) is 10.3. The van der Waals surface area contributed by atoms with Crippen molar-refractivity contribution in [3.8, 4) is 5.75 Å². The van der Waals surface area contributed by atoms with Crippen LogP contribution in [0.4, 0.5) is 5.69 Å². The number of benzene rings is 1. The van der Waals surface area contributed by atoms with Gasteiger partial charge < -0.3 is 15.6 Å². The average molecular weight is 266 g/mol. The number of hydrogen-bond acceptors (Lipinski definition) is 5. The lowest BCUT2D eigenvalue weighted by Crippen LogP contribution is -2.32. The van der Waals surface area contributed by atoms with Crippen LogP contribution in [-0.4, -0.2) is 37.0 Å². The number of ether oxygens (including phenoxy) is 1. The van der Waals surface area contributed by atoms with Gasteiger partial charge in [0.15, 0.2) is 0 Å². The summed E-state index contributed by atoms with van der Waals surface area (Å²) in [7, 11) is 1.40. The number of aliphatic carboxylic acids is 1. The van der Waals surface area contributed by atoms with Gasteiger partial charge in [0.1, 0.15) is 11.8 Å². The van der Waals surface area contributed by atoms with E-state index < -0.39 is 12.0 Å². The van der Waals surface area contributed by atoms with Gasteiger partial charge in [0.25, 0.3) is 0 Å². The SMILES string of the molecule is COc1ccc(C[C@H](N)C(=O)O)cc1N(C=O)C=O. The lowest BCUT2D eigenvalue weighted by atomic mass is 10.1. The van der Waals surface area contributed by atoms with Crippen molar-refractivity contribution in [2.75, 3.05) is 12.0 Å². The molecule has 0 aromatic heterocycles. The van der Waals surface area contributed by atoms with E-state index in [2.05, 4.69) is 0 Å². The largest absolute Gasteiger partial charge is 0.495 e. The Morgan fingerprint density at radius 1 is 1.47 bits per heavy atom. The number of carboxylic acid groups (broad SMARTS) is 1. The fourth-order valence-corrected chi connectivity index (χ4v) is 1.54. The van der Waals surface area contributed by atoms with Crippen LogP contribution in [0, 0.1) is 0 Å². The number of rotatable bonds is 7. The molecule has 3 N–H and O–H groups in total. The molecule has 19 heavy (non-hydrogen) atoms. The maximum absolute atomic E-state index is 10.8. The number of amides is 2. The van der Waals surface area contributed by atoms with Crippen LogP contribution >= 0.6 is 0 Å². The van der Waals surface area contributed by atoms with Crippen molar-refractivity contribution in [2.24, 2.45) is 5.73 Å². The molecule has 0 heterocycles. The van der Waals surface area contributed by atoms with Crippen molar-refractivity contribution in [3.05, 3.63) is 23.8 Å². The van der Waals surface area contributed by atoms with E-state index in [9.17, 15) is 14.4 Å². The molecule has 7 heteroatoms. The molecule has 0 fully saturated rings. The fourth-order valence-electron chi connectivity index (χ4n) is 1.54. The van der Waals surface area contributed by atoms with Gasteiger partial charge in [-0.1, -0.05) is 6.07 Å². The molecule has 0 saturated carbocycles. The second kappa shape index (κ2) is 6.50. The first-order valence-corrected chi connectivity index (χ1v) is 5.37. The molecule has 0 spiro atoms. The summed E-state index contributed by atoms with van der Waals surface area (Å²) >= 11 is 0. The Bertz CT molecular complexity index is 481. The highest BCUT2D eigenvalue weighted by Gasteiger charge is 2.16. The Kier molecular flexibility index (Phi) is 5.01. The van der Waals surface area contributed by atoms with Gasteiger partial charge in [0.05, 0.1) is 12.8 Å². The number of carbonyl (C=O) groups excluding carboxylic acids is 2. The van der Waals surface area contributed by atoms with Crippen LogP contribution in [0.1, 0.15) is 5.56 Å². The molecule has 0 aliphatic heterocycles. The van der Waals surface area contributed by atoms with Crippen LogP contribution in [0.25, 0.3) is 0 Å². The summed E-state index contributed by atoms with van der Waals surface area (Å²) in [5.41, 5.74) is 6.25. The van der Waals surface area contributed by atoms with Crippen LogP contribution in [0.2, 0.25) is 0 Å². The molecule has 1 atom stereocenters. The lowest BCUT2D eigenvalue weighted by Gasteiger charge is -2.15. The lowest BCUT2D eigenvalue weighted by molar-refractivity contribution is -0.138. The minimum Gasteiger partial charge on any atom is -0.495 e. The van der Waals surface area contributed by atoms with Gasteiger partial charge in [-0.25, -0.2) is 0 Å². The van der Waals surface area contributed by atoms with Crippen molar-refractivity contribution >= 4 is 24.5 Å². The van der Waals surface area contributed by atoms with Crippen molar-refractivity contribution < 1.29 is 24.2 Å². The minimum absolute atomic E-state index is 0.0812. The first-order valence-electron chi connectivity index (χ1n) is 5.37. The highest BCUT2D eigenvalue weighted by molar-refractivity contribution is 5.97. The number of anilines is 1. The molecule has 0 bridgehead atoms. The third-order valence-corrected chi connectivity index (χ3v) is 2.52. The van der Waals surface area contributed by atoms with E-state index in [1.807, 2.05) is 0 Å². The predicted molar refractivity (Wildman–Crippen MR) is 66.9 cm³/mol. The van der Waals surface area contributed by atoms with Crippen molar-refractivity contribution in [2.45, 2.75) is 12.5 Å². The fraction of sp³-hybridized carbons (Fsp3) is 0.250. The summed E-state index contributed by atoms with van der Waals surface area (Å²) in [5, 5.41) is 8.74. The van der Waals surface area contributed by atoms with E-state index in [1.54, 1.807) is 12.1 Å². The topological polar surface area (TPSA) is 110 Å². The normalized spacial score (nSPS) is 11.5. The second-order valence-corrected chi connectivity index (χ2v) is 3.77. The molecule has 0 saturated heterocycles. The Balaban J connectivity index is 3.10. The van der Waals surface area contributed by atoms with Gasteiger partial charge in [-0.2, -0.15) is 0 Å². The van der Waals surface area contributed by atoms with Gasteiger partial charge >= 0.3 is 5.97 Å². The highest BCUT2D eigenvalue weighted by Crippen LogP contribution is 2.28. The number of nitrogens with two attached hydrogens (primary N) is 1. The van der Waals surface area contributed by atoms with Crippen molar-refractivity contribution in [1.82, 2.24) is 0 Å². The van der Waals surface area contributed by atoms with E-state index >= 15 is 0 Å². The van der Waals surface area contributed by atoms with Crippen molar-refractivity contribution in [3.63, 3.8) is 0 Å². The van der Waals surface area contributed by atoms with Crippen LogP contribution in [-0.2, 0) is 20.8 Å². The van der Waals surface area contributed by atoms with Gasteiger partial charge in [-0.15, -0.1) is 0 Å². The van der Waals surface area contributed by atoms with E-state index in [0.717, 1.165) is 4.90 Å². The molecule has 0 aliphatic carbocycles. The van der Waals surface area contributed by atoms with Crippen LogP contribution in [0.15, 0.2) is 18.2 Å². The maximum Gasteiger partial charge on any atom is 0.320 e. The number of carboxylic acids is 1. The maximum atomic E-state index is 10.8. The van der Waals surface area contributed by atoms with Gasteiger partial charge in [-0.05, 0) is 24.1 Å². The third-order valence-electron chi connectivity index (χ3n) is 2.52. The molecule has 1 aromatic rings. The van der Waals surface area contributed by atoms with E-state index in [0.29, 0.717) is 24.1 Å². The number of methoxy groups -OCH3 is 1. The molecular weight excluding hydrogens is 252 g/mol. The average Bonchev–Trinajstić information content (AvgIpc) is 2.40. The number of carbonyl (C=O) groups is 3. The Morgan fingerprint density at radius 2 is 2.11 bits per heavy atom. The summed E-state index contributed by atoms with van der Waals surface area (Å²) in [5.74, 6) is -0.799. The Hall–Kier alpha value is -2.41. The van der Waals surface area contributed by atoms with E-state index in [1.165, 1.54) is 13.2 Å². The zero-order chi connectivity index (χ0) is 14.4. The molecule has 0 radical (unpaired) electrons. The first-order chi connectivity index (χ1) is 9.03. The Morgan fingerprint density at radius 3 is 2.58 bits per heavy atom. The molecular formula is C12H14N2O5. The van der Waals surface area contributed by atoms with Crippen molar-refractivity contribution in [1.29, 1.82) is 0 Å². The molecule has 1 rings (SSSR count). The second-order valence-electron chi connectivity index (χ2n) is 3.77.